The Bertz CT molecular complexity index is 421. The Kier molecular flexibility index (Phi) is 4.53. The quantitative estimate of drug-likeness (QED) is 0.836. The minimum absolute atomic E-state index is 0.0207. The Morgan fingerprint density at radius 2 is 2.06 bits per heavy atom. The van der Waals surface area contributed by atoms with Gasteiger partial charge in [-0.1, -0.05) is 20.8 Å². The van der Waals surface area contributed by atoms with Gasteiger partial charge in [0, 0.05) is 13.5 Å². The zero-order valence-corrected chi connectivity index (χ0v) is 12.9. The van der Waals surface area contributed by atoms with Crippen LogP contribution in [0.5, 0.6) is 0 Å². The summed E-state index contributed by atoms with van der Waals surface area (Å²) in [5, 5.41) is 4.48. The molecule has 0 spiro atoms. The van der Waals surface area contributed by atoms with Gasteiger partial charge < -0.3 is 4.79 Å². The van der Waals surface area contributed by atoms with Crippen molar-refractivity contribution in [2.75, 3.05) is 0 Å². The first-order chi connectivity index (χ1) is 7.76. The van der Waals surface area contributed by atoms with Gasteiger partial charge in [0.05, 0.1) is 15.9 Å². The summed E-state index contributed by atoms with van der Waals surface area (Å²) in [5.41, 5.74) is 2.24. The monoisotopic (exact) mass is 300 g/mol. The molecule has 0 aliphatic rings. The van der Waals surface area contributed by atoms with Crippen LogP contribution >= 0.6 is 15.9 Å². The van der Waals surface area contributed by atoms with E-state index >= 15 is 0 Å². The third-order valence-corrected chi connectivity index (χ3v) is 3.79. The number of rotatable bonds is 5. The lowest BCUT2D eigenvalue weighted by Crippen LogP contribution is -2.20. The Morgan fingerprint density at radius 1 is 1.47 bits per heavy atom. The number of aryl methyl sites for hydroxylation is 2. The lowest BCUT2D eigenvalue weighted by Gasteiger charge is -2.23. The number of nitrogens with zero attached hydrogens (tertiary/aromatic N) is 2. The number of carbonyl (C=O) groups is 1. The number of aromatic nitrogens is 2. The van der Waals surface area contributed by atoms with Gasteiger partial charge in [-0.2, -0.15) is 5.10 Å². The molecule has 1 rings (SSSR count). The summed E-state index contributed by atoms with van der Waals surface area (Å²) in [6.45, 7) is 7.99. The van der Waals surface area contributed by atoms with Crippen molar-refractivity contribution in [1.29, 1.82) is 0 Å². The van der Waals surface area contributed by atoms with Gasteiger partial charge >= 0.3 is 0 Å². The van der Waals surface area contributed by atoms with Crippen LogP contribution in [-0.2, 0) is 24.7 Å². The summed E-state index contributed by atoms with van der Waals surface area (Å²) in [5.74, 6) is 0.240. The Balaban J connectivity index is 2.95. The summed E-state index contributed by atoms with van der Waals surface area (Å²) in [6, 6.07) is 0. The molecule has 0 aliphatic heterocycles. The fourth-order valence-corrected chi connectivity index (χ4v) is 2.96. The molecule has 0 saturated heterocycles. The number of hydrogen-bond acceptors (Lipinski definition) is 2. The van der Waals surface area contributed by atoms with Crippen molar-refractivity contribution in [3.8, 4) is 0 Å². The van der Waals surface area contributed by atoms with E-state index in [-0.39, 0.29) is 11.2 Å². The van der Waals surface area contributed by atoms with E-state index in [4.69, 9.17) is 0 Å². The summed E-state index contributed by atoms with van der Waals surface area (Å²) >= 11 is 3.61. The van der Waals surface area contributed by atoms with E-state index in [2.05, 4.69) is 41.8 Å². The van der Waals surface area contributed by atoms with Gasteiger partial charge in [-0.25, -0.2) is 0 Å². The molecule has 0 saturated carbocycles. The molecule has 0 fully saturated rings. The average molecular weight is 301 g/mol. The zero-order chi connectivity index (χ0) is 13.2. The molecule has 1 aromatic rings. The molecule has 0 aliphatic carbocycles. The van der Waals surface area contributed by atoms with Crippen molar-refractivity contribution < 1.29 is 4.79 Å². The summed E-state index contributed by atoms with van der Waals surface area (Å²) in [7, 11) is 1.96. The van der Waals surface area contributed by atoms with Crippen molar-refractivity contribution in [1.82, 2.24) is 9.78 Å². The van der Waals surface area contributed by atoms with E-state index < -0.39 is 0 Å². The topological polar surface area (TPSA) is 34.9 Å². The number of ketones is 1. The lowest BCUT2D eigenvalue weighted by atomic mass is 9.83. The number of hydrogen-bond donors (Lipinski definition) is 0. The van der Waals surface area contributed by atoms with Crippen molar-refractivity contribution in [2.45, 2.75) is 47.0 Å². The molecule has 0 radical (unpaired) electrons. The first-order valence-corrected chi connectivity index (χ1v) is 6.76. The minimum atomic E-state index is -0.0207. The van der Waals surface area contributed by atoms with Gasteiger partial charge in [0.25, 0.3) is 0 Å². The maximum atomic E-state index is 11.2. The maximum absolute atomic E-state index is 11.2. The smallest absolute Gasteiger partial charge is 0.130 e. The van der Waals surface area contributed by atoms with Crippen LogP contribution in [-0.4, -0.2) is 15.6 Å². The van der Waals surface area contributed by atoms with E-state index in [1.54, 1.807) is 6.92 Å². The summed E-state index contributed by atoms with van der Waals surface area (Å²) in [6.07, 6.45) is 2.38. The summed E-state index contributed by atoms with van der Waals surface area (Å²) in [4.78, 5) is 11.2. The highest BCUT2D eigenvalue weighted by Gasteiger charge is 2.24. The number of Topliss-reactive ketones (excluding diaryl/α,β-unsaturated/α-hetero) is 1. The molecule has 1 aromatic heterocycles. The van der Waals surface area contributed by atoms with Crippen LogP contribution in [0.25, 0.3) is 0 Å². The predicted molar refractivity (Wildman–Crippen MR) is 73.1 cm³/mol. The largest absolute Gasteiger partial charge is 0.300 e. The van der Waals surface area contributed by atoms with E-state index in [9.17, 15) is 4.79 Å². The third kappa shape index (κ3) is 3.66. The second kappa shape index (κ2) is 5.34. The summed E-state index contributed by atoms with van der Waals surface area (Å²) < 4.78 is 3.02. The second-order valence-corrected chi connectivity index (χ2v) is 6.20. The maximum Gasteiger partial charge on any atom is 0.130 e. The number of halogens is 1. The van der Waals surface area contributed by atoms with Gasteiger partial charge in [-0.15, -0.1) is 0 Å². The molecular weight excluding hydrogens is 280 g/mol. The van der Waals surface area contributed by atoms with Gasteiger partial charge in [-0.05, 0) is 41.1 Å². The van der Waals surface area contributed by atoms with Gasteiger partial charge in [-0.3, -0.25) is 4.68 Å². The Labute approximate surface area is 112 Å². The first kappa shape index (κ1) is 14.4. The fourth-order valence-electron chi connectivity index (χ4n) is 2.20. The van der Waals surface area contributed by atoms with E-state index in [1.807, 2.05) is 11.7 Å². The lowest BCUT2D eigenvalue weighted by molar-refractivity contribution is -0.118. The molecule has 3 nitrogen and oxygen atoms in total. The normalized spacial score (nSPS) is 11.9. The van der Waals surface area contributed by atoms with Crippen LogP contribution in [0.4, 0.5) is 0 Å². The molecular formula is C13H21BrN2O. The highest BCUT2D eigenvalue weighted by molar-refractivity contribution is 9.10. The van der Waals surface area contributed by atoms with E-state index in [0.29, 0.717) is 6.42 Å². The Morgan fingerprint density at radius 3 is 2.47 bits per heavy atom. The van der Waals surface area contributed by atoms with Crippen molar-refractivity contribution >= 4 is 21.7 Å². The molecule has 0 atom stereocenters. The highest BCUT2D eigenvalue weighted by Crippen LogP contribution is 2.31. The number of carbonyl (C=O) groups excluding carboxylic acids is 1. The molecule has 0 bridgehead atoms. The highest BCUT2D eigenvalue weighted by atomic mass is 79.9. The van der Waals surface area contributed by atoms with Crippen LogP contribution in [0.2, 0.25) is 0 Å². The van der Waals surface area contributed by atoms with Gasteiger partial charge in [0.15, 0.2) is 0 Å². The molecule has 0 amide bonds. The average Bonchev–Trinajstić information content (AvgIpc) is 2.42. The molecule has 0 aromatic carbocycles. The minimum Gasteiger partial charge on any atom is -0.300 e. The second-order valence-electron chi connectivity index (χ2n) is 5.40. The Hall–Kier alpha value is -0.640. The van der Waals surface area contributed by atoms with Crippen LogP contribution in [0, 0.1) is 5.41 Å². The predicted octanol–water partition coefficient (Wildman–Crippen LogP) is 3.29. The van der Waals surface area contributed by atoms with Gasteiger partial charge in [0.1, 0.15) is 5.78 Å². The van der Waals surface area contributed by atoms with E-state index in [0.717, 1.165) is 23.0 Å². The fraction of sp³-hybridized carbons (Fsp3) is 0.692. The standard InChI is InChI=1S/C13H21BrN2O/c1-6-10-12(14)11(16(5)15-10)8-13(3,4)7-9(2)17/h6-8H2,1-5H3. The van der Waals surface area contributed by atoms with Crippen molar-refractivity contribution in [3.05, 3.63) is 15.9 Å². The zero-order valence-electron chi connectivity index (χ0n) is 11.3. The van der Waals surface area contributed by atoms with Crippen LogP contribution < -0.4 is 0 Å². The van der Waals surface area contributed by atoms with Crippen molar-refractivity contribution in [3.63, 3.8) is 0 Å². The van der Waals surface area contributed by atoms with E-state index in [1.165, 1.54) is 5.69 Å². The van der Waals surface area contributed by atoms with Crippen LogP contribution in [0.3, 0.4) is 0 Å². The first-order valence-electron chi connectivity index (χ1n) is 5.96. The SMILES string of the molecule is CCc1nn(C)c(CC(C)(C)CC(C)=O)c1Br. The molecule has 0 N–H and O–H groups in total. The molecule has 0 unspecified atom stereocenters. The van der Waals surface area contributed by atoms with Crippen molar-refractivity contribution in [2.24, 2.45) is 12.5 Å². The molecule has 17 heavy (non-hydrogen) atoms. The molecule has 4 heteroatoms. The molecule has 96 valence electrons. The van der Waals surface area contributed by atoms with Crippen LogP contribution in [0.15, 0.2) is 4.47 Å². The van der Waals surface area contributed by atoms with Gasteiger partial charge in [0.2, 0.25) is 0 Å². The van der Waals surface area contributed by atoms with Crippen LogP contribution in [0.1, 0.15) is 45.5 Å². The third-order valence-electron chi connectivity index (χ3n) is 2.88. The molecule has 1 heterocycles.